The molecule has 0 fully saturated rings. The maximum absolute atomic E-state index is 5.98. The van der Waals surface area contributed by atoms with Crippen LogP contribution in [0.2, 0.25) is 5.02 Å². The Morgan fingerprint density at radius 2 is 2.22 bits per heavy atom. The fourth-order valence-corrected chi connectivity index (χ4v) is 1.90. The first-order chi connectivity index (χ1) is 8.61. The van der Waals surface area contributed by atoms with E-state index in [1.165, 1.54) is 0 Å². The van der Waals surface area contributed by atoms with Gasteiger partial charge in [0.25, 0.3) is 0 Å². The molecular weight excluding hydrogens is 250 g/mol. The van der Waals surface area contributed by atoms with Crippen molar-refractivity contribution in [3.05, 3.63) is 40.7 Å². The lowest BCUT2D eigenvalue weighted by Gasteiger charge is -2.11. The van der Waals surface area contributed by atoms with Gasteiger partial charge in [0.2, 0.25) is 0 Å². The van der Waals surface area contributed by atoms with Gasteiger partial charge in [0.15, 0.2) is 0 Å². The number of methoxy groups -OCH3 is 1. The van der Waals surface area contributed by atoms with Crippen molar-refractivity contribution in [1.29, 1.82) is 0 Å². The van der Waals surface area contributed by atoms with Gasteiger partial charge in [-0.1, -0.05) is 11.6 Å². The van der Waals surface area contributed by atoms with Crippen LogP contribution in [0.5, 0.6) is 5.75 Å². The maximum Gasteiger partial charge on any atom is 0.142 e. The van der Waals surface area contributed by atoms with Crippen molar-refractivity contribution in [2.24, 2.45) is 7.05 Å². The monoisotopic (exact) mass is 265 g/mol. The Bertz CT molecular complexity index is 551. The maximum atomic E-state index is 5.98. The van der Waals surface area contributed by atoms with Gasteiger partial charge >= 0.3 is 0 Å². The first-order valence-electron chi connectivity index (χ1n) is 5.66. The summed E-state index contributed by atoms with van der Waals surface area (Å²) < 4.78 is 7.14. The molecule has 0 saturated carbocycles. The minimum Gasteiger partial charge on any atom is -0.495 e. The van der Waals surface area contributed by atoms with Gasteiger partial charge in [-0.2, -0.15) is 5.10 Å². The fraction of sp³-hybridized carbons (Fsp3) is 0.308. The number of halogens is 1. The summed E-state index contributed by atoms with van der Waals surface area (Å²) in [6.45, 7) is 2.73. The minimum absolute atomic E-state index is 0.682. The number of nitrogens with one attached hydrogen (secondary N) is 1. The van der Waals surface area contributed by atoms with Gasteiger partial charge in [-0.25, -0.2) is 0 Å². The Kier molecular flexibility index (Phi) is 3.77. The highest BCUT2D eigenvalue weighted by Crippen LogP contribution is 2.28. The molecule has 2 rings (SSSR count). The summed E-state index contributed by atoms with van der Waals surface area (Å²) in [7, 11) is 3.57. The molecule has 0 saturated heterocycles. The van der Waals surface area contributed by atoms with Crippen LogP contribution < -0.4 is 10.1 Å². The van der Waals surface area contributed by atoms with Crippen LogP contribution in [-0.4, -0.2) is 16.9 Å². The number of aryl methyl sites for hydroxylation is 1. The number of rotatable bonds is 4. The molecule has 96 valence electrons. The molecule has 0 aliphatic carbocycles. The van der Waals surface area contributed by atoms with Gasteiger partial charge in [0.05, 0.1) is 19.0 Å². The van der Waals surface area contributed by atoms with Crippen molar-refractivity contribution >= 4 is 17.3 Å². The van der Waals surface area contributed by atoms with Crippen LogP contribution >= 0.6 is 11.6 Å². The molecule has 0 atom stereocenters. The van der Waals surface area contributed by atoms with Gasteiger partial charge in [-0.15, -0.1) is 0 Å². The lowest BCUT2D eigenvalue weighted by molar-refractivity contribution is 0.416. The number of nitrogens with zero attached hydrogens (tertiary/aromatic N) is 2. The Labute approximate surface area is 112 Å². The topological polar surface area (TPSA) is 39.1 Å². The first kappa shape index (κ1) is 12.8. The second kappa shape index (κ2) is 5.31. The number of hydrogen-bond donors (Lipinski definition) is 1. The Morgan fingerprint density at radius 3 is 2.83 bits per heavy atom. The van der Waals surface area contributed by atoms with Gasteiger partial charge in [0, 0.05) is 29.9 Å². The summed E-state index contributed by atoms with van der Waals surface area (Å²) in [6, 6.07) is 5.51. The number of ether oxygens (including phenoxy) is 1. The summed E-state index contributed by atoms with van der Waals surface area (Å²) in [5, 5.41) is 8.20. The second-order valence-electron chi connectivity index (χ2n) is 4.08. The van der Waals surface area contributed by atoms with E-state index in [0.717, 1.165) is 22.7 Å². The predicted molar refractivity (Wildman–Crippen MR) is 73.3 cm³/mol. The molecule has 1 aromatic heterocycles. The van der Waals surface area contributed by atoms with Gasteiger partial charge in [-0.05, 0) is 25.1 Å². The van der Waals surface area contributed by atoms with Crippen molar-refractivity contribution in [3.8, 4) is 5.75 Å². The highest BCUT2D eigenvalue weighted by atomic mass is 35.5. The largest absolute Gasteiger partial charge is 0.495 e. The molecule has 5 heteroatoms. The van der Waals surface area contributed by atoms with Crippen LogP contribution in [0, 0.1) is 6.92 Å². The van der Waals surface area contributed by atoms with E-state index in [0.29, 0.717) is 11.6 Å². The van der Waals surface area contributed by atoms with Crippen LogP contribution in [0.15, 0.2) is 24.4 Å². The normalized spacial score (nSPS) is 10.4. The van der Waals surface area contributed by atoms with Crippen molar-refractivity contribution in [2.75, 3.05) is 12.4 Å². The molecule has 0 spiro atoms. The first-order valence-corrected chi connectivity index (χ1v) is 6.04. The Hall–Kier alpha value is -1.68. The molecule has 0 amide bonds. The van der Waals surface area contributed by atoms with Crippen molar-refractivity contribution in [2.45, 2.75) is 13.5 Å². The van der Waals surface area contributed by atoms with E-state index in [-0.39, 0.29) is 0 Å². The zero-order chi connectivity index (χ0) is 13.1. The number of hydrogen-bond acceptors (Lipinski definition) is 3. The molecule has 0 aliphatic rings. The highest BCUT2D eigenvalue weighted by Gasteiger charge is 2.06. The molecular formula is C13H16ClN3O. The summed E-state index contributed by atoms with van der Waals surface area (Å²) in [6.07, 6.45) is 1.86. The summed E-state index contributed by atoms with van der Waals surface area (Å²) in [5.74, 6) is 0.779. The fourth-order valence-electron chi connectivity index (χ4n) is 1.73. The van der Waals surface area contributed by atoms with Gasteiger partial charge in [-0.3, -0.25) is 4.68 Å². The lowest BCUT2D eigenvalue weighted by Crippen LogP contribution is -2.03. The summed E-state index contributed by atoms with van der Waals surface area (Å²) in [4.78, 5) is 0. The van der Waals surface area contributed by atoms with Crippen molar-refractivity contribution < 1.29 is 4.74 Å². The third-order valence-corrected chi connectivity index (χ3v) is 3.20. The third kappa shape index (κ3) is 2.59. The smallest absolute Gasteiger partial charge is 0.142 e. The minimum atomic E-state index is 0.682. The zero-order valence-corrected chi connectivity index (χ0v) is 11.5. The van der Waals surface area contributed by atoms with Crippen LogP contribution in [0.3, 0.4) is 0 Å². The average molecular weight is 266 g/mol. The van der Waals surface area contributed by atoms with Gasteiger partial charge < -0.3 is 10.1 Å². The number of benzene rings is 1. The summed E-state index contributed by atoms with van der Waals surface area (Å²) in [5.41, 5.74) is 3.18. The number of anilines is 1. The molecule has 1 N–H and O–H groups in total. The van der Waals surface area contributed by atoms with Gasteiger partial charge in [0.1, 0.15) is 5.75 Å². The molecule has 4 nitrogen and oxygen atoms in total. The third-order valence-electron chi connectivity index (χ3n) is 2.97. The van der Waals surface area contributed by atoms with Crippen LogP contribution in [0.1, 0.15) is 11.3 Å². The standard InChI is InChI=1S/C13H16ClN3O/c1-9-10(8-16-17(9)2)7-15-12-6-11(14)4-5-13(12)18-3/h4-6,8,15H,7H2,1-3H3. The Morgan fingerprint density at radius 1 is 1.44 bits per heavy atom. The molecule has 18 heavy (non-hydrogen) atoms. The quantitative estimate of drug-likeness (QED) is 0.924. The van der Waals surface area contributed by atoms with Crippen LogP contribution in [0.4, 0.5) is 5.69 Å². The molecule has 0 aliphatic heterocycles. The predicted octanol–water partition coefficient (Wildman–Crippen LogP) is 3.00. The van der Waals surface area contributed by atoms with Crippen LogP contribution in [-0.2, 0) is 13.6 Å². The molecule has 0 unspecified atom stereocenters. The van der Waals surface area contributed by atoms with Crippen LogP contribution in [0.25, 0.3) is 0 Å². The van der Waals surface area contributed by atoms with E-state index < -0.39 is 0 Å². The molecule has 2 aromatic rings. The SMILES string of the molecule is COc1ccc(Cl)cc1NCc1cnn(C)c1C. The van der Waals surface area contributed by atoms with E-state index in [1.54, 1.807) is 13.2 Å². The molecule has 0 bridgehead atoms. The van der Waals surface area contributed by atoms with E-state index in [1.807, 2.05) is 37.0 Å². The lowest BCUT2D eigenvalue weighted by atomic mass is 10.2. The average Bonchev–Trinajstić information content (AvgIpc) is 2.68. The van der Waals surface area contributed by atoms with E-state index in [4.69, 9.17) is 16.3 Å². The number of aromatic nitrogens is 2. The van der Waals surface area contributed by atoms with Crippen molar-refractivity contribution in [1.82, 2.24) is 9.78 Å². The molecule has 1 aromatic carbocycles. The zero-order valence-electron chi connectivity index (χ0n) is 10.7. The summed E-state index contributed by atoms with van der Waals surface area (Å²) >= 11 is 5.98. The Balaban J connectivity index is 2.15. The van der Waals surface area contributed by atoms with E-state index in [2.05, 4.69) is 10.4 Å². The molecule has 1 heterocycles. The van der Waals surface area contributed by atoms with E-state index in [9.17, 15) is 0 Å². The molecule has 0 radical (unpaired) electrons. The van der Waals surface area contributed by atoms with Crippen molar-refractivity contribution in [3.63, 3.8) is 0 Å². The second-order valence-corrected chi connectivity index (χ2v) is 4.51. The highest BCUT2D eigenvalue weighted by molar-refractivity contribution is 6.30. The van der Waals surface area contributed by atoms with E-state index >= 15 is 0 Å².